The number of carbonyl (C=O) groups is 1. The average Bonchev–Trinajstić information content (AvgIpc) is 2.15. The van der Waals surface area contributed by atoms with Gasteiger partial charge in [-0.3, -0.25) is 0 Å². The van der Waals surface area contributed by atoms with E-state index < -0.39 is 0 Å². The Morgan fingerprint density at radius 3 is 2.56 bits per heavy atom. The lowest BCUT2D eigenvalue weighted by Crippen LogP contribution is -2.28. The van der Waals surface area contributed by atoms with Gasteiger partial charge in [0.2, 0.25) is 0 Å². The zero-order chi connectivity index (χ0) is 6.85. The monoisotopic (exact) mass is 146 g/mol. The first-order valence-corrected chi connectivity index (χ1v) is 3.50. The fraction of sp³-hybridized carbons (Fsp3) is 0.800. The smallest absolute Gasteiger partial charge is 0.320 e. The molecule has 0 aliphatic carbocycles. The molecule has 4 heteroatoms. The van der Waals surface area contributed by atoms with Crippen molar-refractivity contribution in [1.29, 1.82) is 0 Å². The van der Waals surface area contributed by atoms with E-state index in [0.717, 1.165) is 13.1 Å². The number of urea groups is 1. The van der Waals surface area contributed by atoms with Gasteiger partial charge in [0.25, 0.3) is 0 Å². The molecular weight excluding hydrogens is 136 g/mol. The van der Waals surface area contributed by atoms with Gasteiger partial charge in [-0.05, 0) is 0 Å². The maximum Gasteiger partial charge on any atom is 0.320 e. The second-order valence-electron chi connectivity index (χ2n) is 2.11. The fourth-order valence-electron chi connectivity index (χ4n) is 0.835. The molecule has 0 spiro atoms. The highest BCUT2D eigenvalue weighted by Crippen LogP contribution is 2.05. The minimum Gasteiger partial charge on any atom is -0.326 e. The zero-order valence-electron chi connectivity index (χ0n) is 5.37. The first kappa shape index (κ1) is 6.74. The Morgan fingerprint density at radius 2 is 2.33 bits per heavy atom. The number of likely N-dealkylation sites (N-methyl/N-ethyl adjacent to an activating group) is 1. The molecule has 1 aliphatic heterocycles. The third kappa shape index (κ3) is 1.13. The minimum absolute atomic E-state index is 0.0880. The molecule has 9 heavy (non-hydrogen) atoms. The van der Waals surface area contributed by atoms with Crippen molar-refractivity contribution in [3.8, 4) is 0 Å². The third-order valence-electron chi connectivity index (χ3n) is 1.47. The second-order valence-corrected chi connectivity index (χ2v) is 2.39. The van der Waals surface area contributed by atoms with Crippen molar-refractivity contribution in [3.63, 3.8) is 0 Å². The molecule has 0 aromatic carbocycles. The van der Waals surface area contributed by atoms with Gasteiger partial charge in [0.1, 0.15) is 0 Å². The zero-order valence-corrected chi connectivity index (χ0v) is 6.27. The molecule has 0 aromatic rings. The van der Waals surface area contributed by atoms with E-state index in [9.17, 15) is 4.79 Å². The summed E-state index contributed by atoms with van der Waals surface area (Å²) < 4.78 is 0. The van der Waals surface area contributed by atoms with E-state index in [1.807, 2.05) is 0 Å². The van der Waals surface area contributed by atoms with Crippen molar-refractivity contribution in [2.75, 3.05) is 26.0 Å². The molecule has 1 aliphatic rings. The number of rotatable bonds is 1. The second kappa shape index (κ2) is 2.47. The van der Waals surface area contributed by atoms with E-state index >= 15 is 0 Å². The molecule has 0 N–H and O–H groups in total. The van der Waals surface area contributed by atoms with Crippen LogP contribution in [0.4, 0.5) is 4.79 Å². The number of carbonyl (C=O) groups excluding carboxylic acids is 1. The Hall–Kier alpha value is -0.380. The van der Waals surface area contributed by atoms with Crippen molar-refractivity contribution >= 4 is 18.7 Å². The van der Waals surface area contributed by atoms with Gasteiger partial charge in [0.05, 0.1) is 5.88 Å². The molecule has 1 rings (SSSR count). The number of thiol groups is 1. The van der Waals surface area contributed by atoms with Crippen LogP contribution in [0.2, 0.25) is 0 Å². The standard InChI is InChI=1S/C5H10N2OS/c1-6-2-3-7(4-9)5(6)8/h9H,2-4H2,1H3. The van der Waals surface area contributed by atoms with Crippen LogP contribution < -0.4 is 0 Å². The third-order valence-corrected chi connectivity index (χ3v) is 1.81. The van der Waals surface area contributed by atoms with Gasteiger partial charge in [-0.25, -0.2) is 4.79 Å². The van der Waals surface area contributed by atoms with Gasteiger partial charge < -0.3 is 9.80 Å². The molecular formula is C5H10N2OS. The summed E-state index contributed by atoms with van der Waals surface area (Å²) in [6.07, 6.45) is 0. The highest BCUT2D eigenvalue weighted by atomic mass is 32.1. The number of nitrogens with zero attached hydrogens (tertiary/aromatic N) is 2. The Bertz CT molecular complexity index is 128. The van der Waals surface area contributed by atoms with E-state index in [2.05, 4.69) is 12.6 Å². The number of hydrogen-bond acceptors (Lipinski definition) is 2. The number of amides is 2. The normalized spacial score (nSPS) is 19.6. The molecule has 0 atom stereocenters. The van der Waals surface area contributed by atoms with E-state index in [0.29, 0.717) is 5.88 Å². The summed E-state index contributed by atoms with van der Waals surface area (Å²) in [5.74, 6) is 0.531. The van der Waals surface area contributed by atoms with Gasteiger partial charge in [-0.2, -0.15) is 12.6 Å². The largest absolute Gasteiger partial charge is 0.326 e. The average molecular weight is 146 g/mol. The van der Waals surface area contributed by atoms with Crippen LogP contribution in [-0.2, 0) is 0 Å². The Morgan fingerprint density at radius 1 is 1.67 bits per heavy atom. The summed E-state index contributed by atoms with van der Waals surface area (Å²) in [4.78, 5) is 14.3. The molecule has 2 amide bonds. The Balaban J connectivity index is 2.51. The minimum atomic E-state index is 0.0880. The van der Waals surface area contributed by atoms with Crippen LogP contribution in [0.5, 0.6) is 0 Å². The summed E-state index contributed by atoms with van der Waals surface area (Å²) in [6, 6.07) is 0.0880. The Kier molecular flexibility index (Phi) is 1.85. The molecule has 1 saturated heterocycles. The topological polar surface area (TPSA) is 23.6 Å². The molecule has 0 aromatic heterocycles. The van der Waals surface area contributed by atoms with Crippen LogP contribution in [0, 0.1) is 0 Å². The van der Waals surface area contributed by atoms with Crippen LogP contribution in [-0.4, -0.2) is 41.8 Å². The lowest BCUT2D eigenvalue weighted by atomic mass is 10.6. The number of hydrogen-bond donors (Lipinski definition) is 1. The fourth-order valence-corrected chi connectivity index (χ4v) is 1.10. The van der Waals surface area contributed by atoms with Crippen molar-refractivity contribution in [3.05, 3.63) is 0 Å². The molecule has 3 nitrogen and oxygen atoms in total. The molecule has 0 saturated carbocycles. The van der Waals surface area contributed by atoms with E-state index in [1.165, 1.54) is 0 Å². The van der Waals surface area contributed by atoms with Gasteiger partial charge >= 0.3 is 6.03 Å². The summed E-state index contributed by atoms with van der Waals surface area (Å²) in [7, 11) is 1.80. The van der Waals surface area contributed by atoms with Crippen LogP contribution in [0.1, 0.15) is 0 Å². The van der Waals surface area contributed by atoms with Crippen molar-refractivity contribution in [1.82, 2.24) is 9.80 Å². The Labute approximate surface area is 60.0 Å². The van der Waals surface area contributed by atoms with Crippen molar-refractivity contribution < 1.29 is 4.79 Å². The lowest BCUT2D eigenvalue weighted by Gasteiger charge is -2.11. The molecule has 0 radical (unpaired) electrons. The van der Waals surface area contributed by atoms with Crippen LogP contribution >= 0.6 is 12.6 Å². The predicted octanol–water partition coefficient (Wildman–Crippen LogP) is 0.241. The SMILES string of the molecule is CN1CCN(CS)C1=O. The molecule has 0 unspecified atom stereocenters. The van der Waals surface area contributed by atoms with Crippen molar-refractivity contribution in [2.45, 2.75) is 0 Å². The maximum absolute atomic E-state index is 10.9. The maximum atomic E-state index is 10.9. The van der Waals surface area contributed by atoms with Gasteiger partial charge in [0.15, 0.2) is 0 Å². The lowest BCUT2D eigenvalue weighted by molar-refractivity contribution is 0.204. The molecule has 1 heterocycles. The summed E-state index contributed by atoms with van der Waals surface area (Å²) >= 11 is 3.99. The van der Waals surface area contributed by atoms with Crippen LogP contribution in [0.15, 0.2) is 0 Å². The highest BCUT2D eigenvalue weighted by molar-refractivity contribution is 7.80. The molecule has 52 valence electrons. The van der Waals surface area contributed by atoms with E-state index in [4.69, 9.17) is 0 Å². The summed E-state index contributed by atoms with van der Waals surface area (Å²) in [5.41, 5.74) is 0. The highest BCUT2D eigenvalue weighted by Gasteiger charge is 2.23. The van der Waals surface area contributed by atoms with Gasteiger partial charge in [-0.15, -0.1) is 0 Å². The summed E-state index contributed by atoms with van der Waals surface area (Å²) in [6.45, 7) is 1.65. The van der Waals surface area contributed by atoms with E-state index in [1.54, 1.807) is 16.8 Å². The van der Waals surface area contributed by atoms with Crippen LogP contribution in [0.3, 0.4) is 0 Å². The quantitative estimate of drug-likeness (QED) is 0.526. The van der Waals surface area contributed by atoms with E-state index in [-0.39, 0.29) is 6.03 Å². The summed E-state index contributed by atoms with van der Waals surface area (Å²) in [5, 5.41) is 0. The van der Waals surface area contributed by atoms with Gasteiger partial charge in [0, 0.05) is 20.1 Å². The van der Waals surface area contributed by atoms with Crippen LogP contribution in [0.25, 0.3) is 0 Å². The first-order valence-electron chi connectivity index (χ1n) is 2.86. The van der Waals surface area contributed by atoms with Crippen molar-refractivity contribution in [2.24, 2.45) is 0 Å². The predicted molar refractivity (Wildman–Crippen MR) is 38.6 cm³/mol. The molecule has 0 bridgehead atoms. The van der Waals surface area contributed by atoms with Gasteiger partial charge in [-0.1, -0.05) is 0 Å². The first-order chi connectivity index (χ1) is 4.25. The molecule has 1 fully saturated rings.